The SMILES string of the molecule is CCc1cccc(OCc2cccc(C(=O)O)c2F)c1. The van der Waals surface area contributed by atoms with Crippen molar-refractivity contribution in [3.8, 4) is 5.75 Å². The summed E-state index contributed by atoms with van der Waals surface area (Å²) in [6, 6.07) is 11.8. The summed E-state index contributed by atoms with van der Waals surface area (Å²) in [5, 5.41) is 8.86. The minimum Gasteiger partial charge on any atom is -0.489 e. The predicted molar refractivity (Wildman–Crippen MR) is 73.5 cm³/mol. The van der Waals surface area contributed by atoms with Crippen LogP contribution in [0.15, 0.2) is 42.5 Å². The summed E-state index contributed by atoms with van der Waals surface area (Å²) in [7, 11) is 0. The van der Waals surface area contributed by atoms with E-state index in [-0.39, 0.29) is 17.7 Å². The van der Waals surface area contributed by atoms with Gasteiger partial charge in [-0.15, -0.1) is 0 Å². The Kier molecular flexibility index (Phi) is 4.35. The Balaban J connectivity index is 2.14. The lowest BCUT2D eigenvalue weighted by Gasteiger charge is -2.09. The van der Waals surface area contributed by atoms with Crippen LogP contribution in [0.4, 0.5) is 4.39 Å². The molecule has 0 spiro atoms. The second-order valence-electron chi connectivity index (χ2n) is 4.37. The van der Waals surface area contributed by atoms with Crippen LogP contribution in [0.1, 0.15) is 28.4 Å². The van der Waals surface area contributed by atoms with E-state index in [9.17, 15) is 9.18 Å². The number of hydrogen-bond acceptors (Lipinski definition) is 2. The van der Waals surface area contributed by atoms with Crippen LogP contribution in [-0.2, 0) is 13.0 Å². The Hall–Kier alpha value is -2.36. The molecule has 104 valence electrons. The second-order valence-corrected chi connectivity index (χ2v) is 4.37. The molecule has 2 rings (SSSR count). The topological polar surface area (TPSA) is 46.5 Å². The molecule has 0 bridgehead atoms. The highest BCUT2D eigenvalue weighted by molar-refractivity contribution is 5.88. The molecule has 3 nitrogen and oxygen atoms in total. The third-order valence-corrected chi connectivity index (χ3v) is 3.01. The Morgan fingerprint density at radius 1 is 1.25 bits per heavy atom. The lowest BCUT2D eigenvalue weighted by atomic mass is 10.1. The van der Waals surface area contributed by atoms with E-state index in [2.05, 4.69) is 0 Å². The third-order valence-electron chi connectivity index (χ3n) is 3.01. The lowest BCUT2D eigenvalue weighted by Crippen LogP contribution is -2.06. The molecule has 0 heterocycles. The van der Waals surface area contributed by atoms with Gasteiger partial charge in [-0.05, 0) is 30.2 Å². The zero-order valence-electron chi connectivity index (χ0n) is 11.1. The van der Waals surface area contributed by atoms with Crippen LogP contribution < -0.4 is 4.74 Å². The molecular weight excluding hydrogens is 259 g/mol. The summed E-state index contributed by atoms with van der Waals surface area (Å²) in [5.74, 6) is -1.38. The summed E-state index contributed by atoms with van der Waals surface area (Å²) in [6.07, 6.45) is 0.889. The molecule has 0 saturated carbocycles. The molecule has 0 fully saturated rings. The van der Waals surface area contributed by atoms with Gasteiger partial charge in [-0.2, -0.15) is 0 Å². The van der Waals surface area contributed by atoms with Crippen molar-refractivity contribution in [1.29, 1.82) is 0 Å². The minimum absolute atomic E-state index is 0.000120. The van der Waals surface area contributed by atoms with Gasteiger partial charge >= 0.3 is 5.97 Å². The quantitative estimate of drug-likeness (QED) is 0.905. The molecular formula is C16H15FO3. The van der Waals surface area contributed by atoms with E-state index < -0.39 is 11.8 Å². The summed E-state index contributed by atoms with van der Waals surface area (Å²) in [5.41, 5.74) is 1.02. The van der Waals surface area contributed by atoms with Crippen LogP contribution >= 0.6 is 0 Å². The van der Waals surface area contributed by atoms with E-state index in [1.165, 1.54) is 18.2 Å². The molecule has 2 aromatic carbocycles. The molecule has 0 saturated heterocycles. The van der Waals surface area contributed by atoms with Gasteiger partial charge in [0.05, 0.1) is 5.56 Å². The van der Waals surface area contributed by atoms with Crippen molar-refractivity contribution in [1.82, 2.24) is 0 Å². The van der Waals surface area contributed by atoms with E-state index in [4.69, 9.17) is 9.84 Å². The fourth-order valence-corrected chi connectivity index (χ4v) is 1.87. The Morgan fingerprint density at radius 3 is 2.70 bits per heavy atom. The van der Waals surface area contributed by atoms with Gasteiger partial charge in [0, 0.05) is 5.56 Å². The largest absolute Gasteiger partial charge is 0.489 e. The number of carbonyl (C=O) groups is 1. The van der Waals surface area contributed by atoms with E-state index >= 15 is 0 Å². The fourth-order valence-electron chi connectivity index (χ4n) is 1.87. The molecule has 1 N–H and O–H groups in total. The Bertz CT molecular complexity index is 623. The highest BCUT2D eigenvalue weighted by Gasteiger charge is 2.13. The molecule has 0 unspecified atom stereocenters. The maximum Gasteiger partial charge on any atom is 0.338 e. The smallest absolute Gasteiger partial charge is 0.338 e. The number of benzene rings is 2. The predicted octanol–water partition coefficient (Wildman–Crippen LogP) is 3.67. The first kappa shape index (κ1) is 14.1. The monoisotopic (exact) mass is 274 g/mol. The summed E-state index contributed by atoms with van der Waals surface area (Å²) in [6.45, 7) is 2.04. The van der Waals surface area contributed by atoms with Gasteiger partial charge in [-0.3, -0.25) is 0 Å². The highest BCUT2D eigenvalue weighted by atomic mass is 19.1. The molecule has 2 aromatic rings. The maximum atomic E-state index is 13.9. The zero-order chi connectivity index (χ0) is 14.5. The molecule has 0 aromatic heterocycles. The van der Waals surface area contributed by atoms with Gasteiger partial charge in [0.1, 0.15) is 18.2 Å². The zero-order valence-corrected chi connectivity index (χ0v) is 11.1. The van der Waals surface area contributed by atoms with Crippen LogP contribution in [0, 0.1) is 5.82 Å². The van der Waals surface area contributed by atoms with Gasteiger partial charge < -0.3 is 9.84 Å². The van der Waals surface area contributed by atoms with Crippen molar-refractivity contribution in [3.05, 3.63) is 65.0 Å². The molecule has 0 radical (unpaired) electrons. The van der Waals surface area contributed by atoms with Gasteiger partial charge in [0.25, 0.3) is 0 Å². The van der Waals surface area contributed by atoms with Crippen LogP contribution in [0.5, 0.6) is 5.75 Å². The summed E-state index contributed by atoms with van der Waals surface area (Å²) >= 11 is 0. The van der Waals surface area contributed by atoms with Gasteiger partial charge in [-0.1, -0.05) is 31.2 Å². The molecule has 0 aliphatic carbocycles. The minimum atomic E-state index is -1.28. The number of hydrogen-bond donors (Lipinski definition) is 1. The van der Waals surface area contributed by atoms with Crippen LogP contribution in [0.3, 0.4) is 0 Å². The molecule has 4 heteroatoms. The molecule has 0 aliphatic heterocycles. The average Bonchev–Trinajstić information content (AvgIpc) is 2.46. The lowest BCUT2D eigenvalue weighted by molar-refractivity contribution is 0.0691. The first-order valence-corrected chi connectivity index (χ1v) is 6.34. The first-order valence-electron chi connectivity index (χ1n) is 6.34. The normalized spacial score (nSPS) is 10.3. The number of rotatable bonds is 5. The molecule has 0 aliphatic rings. The van der Waals surface area contributed by atoms with Crippen LogP contribution in [0.25, 0.3) is 0 Å². The molecule has 0 amide bonds. The van der Waals surface area contributed by atoms with Crippen LogP contribution in [-0.4, -0.2) is 11.1 Å². The van der Waals surface area contributed by atoms with E-state index in [1.54, 1.807) is 6.07 Å². The molecule has 0 atom stereocenters. The maximum absolute atomic E-state index is 13.9. The van der Waals surface area contributed by atoms with Gasteiger partial charge in [-0.25, -0.2) is 9.18 Å². The van der Waals surface area contributed by atoms with E-state index in [0.717, 1.165) is 12.0 Å². The first-order chi connectivity index (χ1) is 9.61. The number of aromatic carboxylic acids is 1. The van der Waals surface area contributed by atoms with Crippen molar-refractivity contribution in [2.75, 3.05) is 0 Å². The highest BCUT2D eigenvalue weighted by Crippen LogP contribution is 2.18. The van der Waals surface area contributed by atoms with E-state index in [0.29, 0.717) is 5.75 Å². The number of carboxylic acid groups (broad SMARTS) is 1. The fraction of sp³-hybridized carbons (Fsp3) is 0.188. The van der Waals surface area contributed by atoms with Crippen molar-refractivity contribution < 1.29 is 19.0 Å². The van der Waals surface area contributed by atoms with Crippen molar-refractivity contribution >= 4 is 5.97 Å². The summed E-state index contributed by atoms with van der Waals surface area (Å²) in [4.78, 5) is 10.9. The summed E-state index contributed by atoms with van der Waals surface area (Å²) < 4.78 is 19.4. The third kappa shape index (κ3) is 3.15. The Morgan fingerprint density at radius 2 is 2.00 bits per heavy atom. The van der Waals surface area contributed by atoms with E-state index in [1.807, 2.05) is 25.1 Å². The Labute approximate surface area is 116 Å². The average molecular weight is 274 g/mol. The standard InChI is InChI=1S/C16H15FO3/c1-2-11-5-3-7-13(9-11)20-10-12-6-4-8-14(15(12)17)16(18)19/h3-9H,2,10H2,1H3,(H,18,19). The van der Waals surface area contributed by atoms with Gasteiger partial charge in [0.2, 0.25) is 0 Å². The molecule has 20 heavy (non-hydrogen) atoms. The van der Waals surface area contributed by atoms with Crippen molar-refractivity contribution in [2.45, 2.75) is 20.0 Å². The number of ether oxygens (including phenoxy) is 1. The van der Waals surface area contributed by atoms with Crippen molar-refractivity contribution in [3.63, 3.8) is 0 Å². The number of halogens is 1. The van der Waals surface area contributed by atoms with Gasteiger partial charge in [0.15, 0.2) is 0 Å². The number of carboxylic acids is 1. The number of aryl methyl sites for hydroxylation is 1. The van der Waals surface area contributed by atoms with Crippen molar-refractivity contribution in [2.24, 2.45) is 0 Å². The second kappa shape index (κ2) is 6.19. The van der Waals surface area contributed by atoms with Crippen LogP contribution in [0.2, 0.25) is 0 Å².